The van der Waals surface area contributed by atoms with Crippen LogP contribution in [-0.2, 0) is 12.8 Å². The molecule has 0 saturated heterocycles. The molecule has 2 heteroatoms. The standard InChI is InChI=1S/C12H16FN/c1-3-9-8-12(13)10(4-2)7-11(9)5-6-14/h3,7-8H,1,4-6,14H2,2H3. The summed E-state index contributed by atoms with van der Waals surface area (Å²) < 4.78 is 13.4. The van der Waals surface area contributed by atoms with Crippen LogP contribution in [0.3, 0.4) is 0 Å². The van der Waals surface area contributed by atoms with Gasteiger partial charge in [0.2, 0.25) is 0 Å². The highest BCUT2D eigenvalue weighted by molar-refractivity contribution is 5.53. The summed E-state index contributed by atoms with van der Waals surface area (Å²) in [6, 6.07) is 3.43. The molecule has 1 aromatic carbocycles. The van der Waals surface area contributed by atoms with Crippen LogP contribution in [0.15, 0.2) is 18.7 Å². The van der Waals surface area contributed by atoms with Crippen LogP contribution in [-0.4, -0.2) is 6.54 Å². The van der Waals surface area contributed by atoms with E-state index in [-0.39, 0.29) is 5.82 Å². The summed E-state index contributed by atoms with van der Waals surface area (Å²) in [6.07, 6.45) is 3.16. The first-order valence-electron chi connectivity index (χ1n) is 4.86. The summed E-state index contributed by atoms with van der Waals surface area (Å²) in [5, 5.41) is 0. The molecule has 0 aliphatic rings. The van der Waals surface area contributed by atoms with E-state index in [4.69, 9.17) is 5.73 Å². The van der Waals surface area contributed by atoms with Gasteiger partial charge in [-0.1, -0.05) is 25.6 Å². The molecule has 1 aromatic rings. The smallest absolute Gasteiger partial charge is 0.126 e. The molecule has 0 radical (unpaired) electrons. The number of hydrogen-bond donors (Lipinski definition) is 1. The molecule has 0 aliphatic carbocycles. The van der Waals surface area contributed by atoms with Crippen LogP contribution < -0.4 is 5.73 Å². The van der Waals surface area contributed by atoms with Crippen molar-refractivity contribution in [2.45, 2.75) is 19.8 Å². The highest BCUT2D eigenvalue weighted by Gasteiger charge is 2.05. The molecule has 0 fully saturated rings. The van der Waals surface area contributed by atoms with Crippen molar-refractivity contribution in [3.63, 3.8) is 0 Å². The minimum atomic E-state index is -0.150. The van der Waals surface area contributed by atoms with Crippen LogP contribution in [0.25, 0.3) is 6.08 Å². The van der Waals surface area contributed by atoms with Gasteiger partial charge < -0.3 is 5.73 Å². The number of nitrogens with two attached hydrogens (primary N) is 1. The van der Waals surface area contributed by atoms with Crippen molar-refractivity contribution >= 4 is 6.08 Å². The molecule has 0 spiro atoms. The van der Waals surface area contributed by atoms with Gasteiger partial charge in [0, 0.05) is 0 Å². The van der Waals surface area contributed by atoms with Crippen LogP contribution in [0.2, 0.25) is 0 Å². The Morgan fingerprint density at radius 2 is 2.14 bits per heavy atom. The van der Waals surface area contributed by atoms with Gasteiger partial charge in [0.05, 0.1) is 0 Å². The SMILES string of the molecule is C=Cc1cc(F)c(CC)cc1CCN. The molecule has 0 saturated carbocycles. The molecule has 2 N–H and O–H groups in total. The molecule has 0 unspecified atom stereocenters. The fraction of sp³-hybridized carbons (Fsp3) is 0.333. The van der Waals surface area contributed by atoms with Crippen molar-refractivity contribution in [1.29, 1.82) is 0 Å². The van der Waals surface area contributed by atoms with Crippen molar-refractivity contribution in [1.82, 2.24) is 0 Å². The van der Waals surface area contributed by atoms with Gasteiger partial charge in [-0.2, -0.15) is 0 Å². The van der Waals surface area contributed by atoms with Crippen LogP contribution >= 0.6 is 0 Å². The summed E-state index contributed by atoms with van der Waals surface area (Å²) in [6.45, 7) is 6.18. The third kappa shape index (κ3) is 2.20. The Bertz CT molecular complexity index is 331. The van der Waals surface area contributed by atoms with Gasteiger partial charge >= 0.3 is 0 Å². The molecule has 1 rings (SSSR count). The van der Waals surface area contributed by atoms with Gasteiger partial charge in [-0.3, -0.25) is 0 Å². The van der Waals surface area contributed by atoms with Crippen molar-refractivity contribution in [3.05, 3.63) is 41.2 Å². The average Bonchev–Trinajstić information content (AvgIpc) is 2.20. The van der Waals surface area contributed by atoms with Crippen LogP contribution in [0.5, 0.6) is 0 Å². The maximum absolute atomic E-state index is 13.4. The van der Waals surface area contributed by atoms with E-state index < -0.39 is 0 Å². The van der Waals surface area contributed by atoms with E-state index in [9.17, 15) is 4.39 Å². The molecule has 0 bridgehead atoms. The highest BCUT2D eigenvalue weighted by Crippen LogP contribution is 2.18. The first-order chi connectivity index (χ1) is 6.72. The largest absolute Gasteiger partial charge is 0.330 e. The Kier molecular flexibility index (Phi) is 3.84. The Morgan fingerprint density at radius 3 is 2.64 bits per heavy atom. The Hall–Kier alpha value is -1.15. The Balaban J connectivity index is 3.17. The van der Waals surface area contributed by atoms with E-state index in [0.29, 0.717) is 13.0 Å². The highest BCUT2D eigenvalue weighted by atomic mass is 19.1. The fourth-order valence-corrected chi connectivity index (χ4v) is 1.52. The number of benzene rings is 1. The molecule has 0 atom stereocenters. The van der Waals surface area contributed by atoms with Crippen LogP contribution in [0.4, 0.5) is 4.39 Å². The van der Waals surface area contributed by atoms with Crippen molar-refractivity contribution in [2.24, 2.45) is 5.73 Å². The summed E-state index contributed by atoms with van der Waals surface area (Å²) in [5.74, 6) is -0.150. The quantitative estimate of drug-likeness (QED) is 0.781. The van der Waals surface area contributed by atoms with E-state index in [1.165, 1.54) is 6.07 Å². The fourth-order valence-electron chi connectivity index (χ4n) is 1.52. The number of hydrogen-bond acceptors (Lipinski definition) is 1. The molecule has 14 heavy (non-hydrogen) atoms. The molecule has 0 aromatic heterocycles. The Morgan fingerprint density at radius 1 is 1.43 bits per heavy atom. The maximum Gasteiger partial charge on any atom is 0.126 e. The predicted octanol–water partition coefficient (Wildman–Crippen LogP) is 2.53. The minimum absolute atomic E-state index is 0.150. The lowest BCUT2D eigenvalue weighted by molar-refractivity contribution is 0.610. The Labute approximate surface area is 84.4 Å². The lowest BCUT2D eigenvalue weighted by atomic mass is 9.99. The summed E-state index contributed by atoms with van der Waals surface area (Å²) in [4.78, 5) is 0. The second-order valence-electron chi connectivity index (χ2n) is 3.24. The lowest BCUT2D eigenvalue weighted by Crippen LogP contribution is -2.05. The summed E-state index contributed by atoms with van der Waals surface area (Å²) in [5.41, 5.74) is 8.17. The first-order valence-corrected chi connectivity index (χ1v) is 4.86. The monoisotopic (exact) mass is 193 g/mol. The summed E-state index contributed by atoms with van der Waals surface area (Å²) >= 11 is 0. The van der Waals surface area contributed by atoms with Crippen molar-refractivity contribution in [2.75, 3.05) is 6.54 Å². The zero-order chi connectivity index (χ0) is 10.6. The van der Waals surface area contributed by atoms with Gasteiger partial charge in [0.15, 0.2) is 0 Å². The normalized spacial score (nSPS) is 10.2. The number of rotatable bonds is 4. The number of aryl methyl sites for hydroxylation is 1. The van der Waals surface area contributed by atoms with E-state index in [0.717, 1.165) is 23.1 Å². The van der Waals surface area contributed by atoms with Crippen molar-refractivity contribution in [3.8, 4) is 0 Å². The lowest BCUT2D eigenvalue weighted by Gasteiger charge is -2.08. The predicted molar refractivity (Wildman–Crippen MR) is 58.6 cm³/mol. The second-order valence-corrected chi connectivity index (χ2v) is 3.24. The molecular formula is C12H16FN. The van der Waals surface area contributed by atoms with E-state index in [1.807, 2.05) is 13.0 Å². The van der Waals surface area contributed by atoms with Crippen LogP contribution in [0, 0.1) is 5.82 Å². The minimum Gasteiger partial charge on any atom is -0.330 e. The molecular weight excluding hydrogens is 177 g/mol. The summed E-state index contributed by atoms with van der Waals surface area (Å²) in [7, 11) is 0. The van der Waals surface area contributed by atoms with E-state index >= 15 is 0 Å². The number of halogens is 1. The zero-order valence-corrected chi connectivity index (χ0v) is 8.52. The van der Waals surface area contributed by atoms with E-state index in [1.54, 1.807) is 6.08 Å². The third-order valence-electron chi connectivity index (χ3n) is 2.32. The molecule has 1 nitrogen and oxygen atoms in total. The topological polar surface area (TPSA) is 26.0 Å². The van der Waals surface area contributed by atoms with Gasteiger partial charge in [-0.05, 0) is 42.1 Å². The first kappa shape index (κ1) is 10.9. The van der Waals surface area contributed by atoms with Gasteiger partial charge in [-0.25, -0.2) is 4.39 Å². The molecule has 0 heterocycles. The van der Waals surface area contributed by atoms with Gasteiger partial charge in [0.25, 0.3) is 0 Å². The zero-order valence-electron chi connectivity index (χ0n) is 8.52. The van der Waals surface area contributed by atoms with E-state index in [2.05, 4.69) is 6.58 Å². The van der Waals surface area contributed by atoms with Crippen molar-refractivity contribution < 1.29 is 4.39 Å². The third-order valence-corrected chi connectivity index (χ3v) is 2.32. The van der Waals surface area contributed by atoms with Gasteiger partial charge in [-0.15, -0.1) is 0 Å². The van der Waals surface area contributed by atoms with Crippen LogP contribution in [0.1, 0.15) is 23.6 Å². The molecule has 0 aliphatic heterocycles. The molecule has 76 valence electrons. The average molecular weight is 193 g/mol. The van der Waals surface area contributed by atoms with Gasteiger partial charge in [0.1, 0.15) is 5.82 Å². The maximum atomic E-state index is 13.4. The second kappa shape index (κ2) is 4.91. The molecule has 0 amide bonds.